The minimum absolute atomic E-state index is 0.171. The Morgan fingerprint density at radius 2 is 1.85 bits per heavy atom. The van der Waals surface area contributed by atoms with E-state index >= 15 is 0 Å². The van der Waals surface area contributed by atoms with Crippen molar-refractivity contribution in [3.63, 3.8) is 0 Å². The zero-order valence-electron chi connectivity index (χ0n) is 7.57. The van der Waals surface area contributed by atoms with Crippen molar-refractivity contribution in [1.82, 2.24) is 4.90 Å². The molecule has 0 fully saturated rings. The predicted octanol–water partition coefficient (Wildman–Crippen LogP) is 0.985. The average Bonchev–Trinajstić information content (AvgIpc) is 2.08. The molecular formula is C9H12N2O2. The molecule has 0 aliphatic rings. The maximum Gasteiger partial charge on any atom is 0.158 e. The van der Waals surface area contributed by atoms with Gasteiger partial charge in [0, 0.05) is 19.7 Å². The summed E-state index contributed by atoms with van der Waals surface area (Å²) in [6, 6.07) is 4.30. The monoisotopic (exact) mass is 180 g/mol. The summed E-state index contributed by atoms with van der Waals surface area (Å²) in [5, 5.41) is 25.8. The Bertz CT molecular complexity index is 334. The number of amidine groups is 1. The summed E-state index contributed by atoms with van der Waals surface area (Å²) in [6.45, 7) is 0. The first-order valence-electron chi connectivity index (χ1n) is 3.80. The smallest absolute Gasteiger partial charge is 0.158 e. The van der Waals surface area contributed by atoms with Gasteiger partial charge in [-0.1, -0.05) is 0 Å². The zero-order valence-corrected chi connectivity index (χ0v) is 7.57. The van der Waals surface area contributed by atoms with Gasteiger partial charge in [-0.2, -0.15) is 0 Å². The Morgan fingerprint density at radius 1 is 1.23 bits per heavy atom. The molecular weight excluding hydrogens is 168 g/mol. The fraction of sp³-hybridized carbons (Fsp3) is 0.222. The lowest BCUT2D eigenvalue weighted by molar-refractivity contribution is 0.403. The molecule has 3 N–H and O–H groups in total. The van der Waals surface area contributed by atoms with E-state index in [0.717, 1.165) is 0 Å². The van der Waals surface area contributed by atoms with Crippen molar-refractivity contribution in [2.45, 2.75) is 0 Å². The van der Waals surface area contributed by atoms with Crippen molar-refractivity contribution >= 4 is 5.84 Å². The minimum Gasteiger partial charge on any atom is -0.504 e. The number of phenolic OH excluding ortho intramolecular Hbond substituents is 2. The van der Waals surface area contributed by atoms with E-state index in [9.17, 15) is 0 Å². The van der Waals surface area contributed by atoms with E-state index in [-0.39, 0.29) is 17.3 Å². The van der Waals surface area contributed by atoms with Crippen molar-refractivity contribution < 1.29 is 10.2 Å². The van der Waals surface area contributed by atoms with Crippen LogP contribution in [-0.4, -0.2) is 35.0 Å². The van der Waals surface area contributed by atoms with Crippen molar-refractivity contribution in [3.8, 4) is 11.5 Å². The van der Waals surface area contributed by atoms with Crippen LogP contribution in [0.1, 0.15) is 5.56 Å². The quantitative estimate of drug-likeness (QED) is 0.343. The molecule has 4 heteroatoms. The molecule has 0 heterocycles. The number of nitrogens with one attached hydrogen (secondary N) is 1. The first kappa shape index (κ1) is 9.38. The van der Waals surface area contributed by atoms with E-state index in [4.69, 9.17) is 15.6 Å². The van der Waals surface area contributed by atoms with Crippen LogP contribution in [0.25, 0.3) is 0 Å². The number of hydrogen-bond donors (Lipinski definition) is 3. The Hall–Kier alpha value is -1.71. The molecule has 0 bridgehead atoms. The van der Waals surface area contributed by atoms with Crippen molar-refractivity contribution in [3.05, 3.63) is 23.8 Å². The highest BCUT2D eigenvalue weighted by molar-refractivity contribution is 5.96. The molecule has 70 valence electrons. The minimum atomic E-state index is -0.205. The van der Waals surface area contributed by atoms with E-state index in [2.05, 4.69) is 0 Å². The normalized spacial score (nSPS) is 9.69. The zero-order chi connectivity index (χ0) is 10.0. The van der Waals surface area contributed by atoms with Crippen LogP contribution in [0.2, 0.25) is 0 Å². The molecule has 0 spiro atoms. The molecule has 0 saturated heterocycles. The molecule has 0 radical (unpaired) electrons. The molecule has 4 nitrogen and oxygen atoms in total. The molecule has 1 rings (SSSR count). The van der Waals surface area contributed by atoms with E-state index in [0.29, 0.717) is 5.56 Å². The van der Waals surface area contributed by atoms with Gasteiger partial charge >= 0.3 is 0 Å². The van der Waals surface area contributed by atoms with Crippen LogP contribution in [-0.2, 0) is 0 Å². The van der Waals surface area contributed by atoms with Crippen LogP contribution in [0.5, 0.6) is 11.5 Å². The van der Waals surface area contributed by atoms with E-state index < -0.39 is 0 Å². The lowest BCUT2D eigenvalue weighted by Crippen LogP contribution is -2.21. The molecule has 0 amide bonds. The number of hydrogen-bond acceptors (Lipinski definition) is 3. The van der Waals surface area contributed by atoms with E-state index in [1.165, 1.54) is 12.1 Å². The highest BCUT2D eigenvalue weighted by atomic mass is 16.3. The standard InChI is InChI=1S/C9H12N2O2/c1-11(2)9(10)6-3-4-7(12)8(13)5-6/h3-5,10,12-13H,1-2H3. The van der Waals surface area contributed by atoms with Crippen LogP contribution in [0.15, 0.2) is 18.2 Å². The van der Waals surface area contributed by atoms with Crippen LogP contribution in [0.3, 0.4) is 0 Å². The second-order valence-corrected chi connectivity index (χ2v) is 2.95. The Balaban J connectivity index is 3.04. The molecule has 0 unspecified atom stereocenters. The van der Waals surface area contributed by atoms with E-state index in [1.54, 1.807) is 25.1 Å². The number of rotatable bonds is 1. The lowest BCUT2D eigenvalue weighted by Gasteiger charge is -2.13. The molecule has 0 aliphatic carbocycles. The summed E-state index contributed by atoms with van der Waals surface area (Å²) < 4.78 is 0. The van der Waals surface area contributed by atoms with Crippen LogP contribution >= 0.6 is 0 Å². The van der Waals surface area contributed by atoms with Gasteiger partial charge in [0.1, 0.15) is 5.84 Å². The predicted molar refractivity (Wildman–Crippen MR) is 50.3 cm³/mol. The number of benzene rings is 1. The molecule has 0 atom stereocenters. The van der Waals surface area contributed by atoms with Gasteiger partial charge in [-0.15, -0.1) is 0 Å². The molecule has 1 aromatic rings. The molecule has 0 saturated carbocycles. The Kier molecular flexibility index (Phi) is 2.41. The summed E-state index contributed by atoms with van der Waals surface area (Å²) in [5.41, 5.74) is 0.570. The van der Waals surface area contributed by atoms with Gasteiger partial charge in [0.25, 0.3) is 0 Å². The maximum absolute atomic E-state index is 9.17. The highest BCUT2D eigenvalue weighted by Gasteiger charge is 2.06. The maximum atomic E-state index is 9.17. The summed E-state index contributed by atoms with van der Waals surface area (Å²) in [4.78, 5) is 1.62. The SMILES string of the molecule is CN(C)C(=N)c1ccc(O)c(O)c1. The van der Waals surface area contributed by atoms with Gasteiger partial charge in [0.15, 0.2) is 11.5 Å². The molecule has 1 aromatic carbocycles. The summed E-state index contributed by atoms with van der Waals surface area (Å²) in [5.74, 6) is -0.0882. The van der Waals surface area contributed by atoms with Crippen molar-refractivity contribution in [1.29, 1.82) is 5.41 Å². The summed E-state index contributed by atoms with van der Waals surface area (Å²) in [6.07, 6.45) is 0. The second kappa shape index (κ2) is 3.35. The van der Waals surface area contributed by atoms with Crippen LogP contribution in [0, 0.1) is 5.41 Å². The van der Waals surface area contributed by atoms with Gasteiger partial charge in [0.05, 0.1) is 0 Å². The Morgan fingerprint density at radius 3 is 2.31 bits per heavy atom. The van der Waals surface area contributed by atoms with Crippen molar-refractivity contribution in [2.75, 3.05) is 14.1 Å². The summed E-state index contributed by atoms with van der Waals surface area (Å²) in [7, 11) is 3.48. The van der Waals surface area contributed by atoms with Gasteiger partial charge in [0.2, 0.25) is 0 Å². The van der Waals surface area contributed by atoms with Crippen LogP contribution < -0.4 is 0 Å². The number of phenols is 2. The van der Waals surface area contributed by atoms with Gasteiger partial charge < -0.3 is 15.1 Å². The lowest BCUT2D eigenvalue weighted by atomic mass is 10.2. The van der Waals surface area contributed by atoms with Crippen LogP contribution in [0.4, 0.5) is 0 Å². The summed E-state index contributed by atoms with van der Waals surface area (Å²) >= 11 is 0. The number of nitrogens with zero attached hydrogens (tertiary/aromatic N) is 1. The average molecular weight is 180 g/mol. The third-order valence-corrected chi connectivity index (χ3v) is 1.70. The first-order valence-corrected chi connectivity index (χ1v) is 3.80. The molecule has 13 heavy (non-hydrogen) atoms. The Labute approximate surface area is 76.6 Å². The van der Waals surface area contributed by atoms with Gasteiger partial charge in [-0.05, 0) is 18.2 Å². The van der Waals surface area contributed by atoms with Crippen molar-refractivity contribution in [2.24, 2.45) is 0 Å². The van der Waals surface area contributed by atoms with E-state index in [1.807, 2.05) is 0 Å². The second-order valence-electron chi connectivity index (χ2n) is 2.95. The van der Waals surface area contributed by atoms with Gasteiger partial charge in [-0.25, -0.2) is 0 Å². The third-order valence-electron chi connectivity index (χ3n) is 1.70. The highest BCUT2D eigenvalue weighted by Crippen LogP contribution is 2.25. The first-order chi connectivity index (χ1) is 6.02. The number of aromatic hydroxyl groups is 2. The topological polar surface area (TPSA) is 67.6 Å². The molecule has 0 aliphatic heterocycles. The third kappa shape index (κ3) is 1.90. The fourth-order valence-electron chi connectivity index (χ4n) is 0.929. The fourth-order valence-corrected chi connectivity index (χ4v) is 0.929. The van der Waals surface area contributed by atoms with Gasteiger partial charge in [-0.3, -0.25) is 5.41 Å². The largest absolute Gasteiger partial charge is 0.504 e. The molecule has 0 aromatic heterocycles.